The fraction of sp³-hybridized carbons (Fsp3) is 0.750. The SMILES string of the molecule is CCC/C=C/C=C/[Si](OCCC)(OCCC)OCCC. The van der Waals surface area contributed by atoms with Gasteiger partial charge in [-0.2, -0.15) is 0 Å². The molecule has 0 rings (SSSR count). The van der Waals surface area contributed by atoms with E-state index in [4.69, 9.17) is 13.3 Å². The molecule has 3 nitrogen and oxygen atoms in total. The molecule has 0 aromatic heterocycles. The van der Waals surface area contributed by atoms with Crippen LogP contribution in [0, 0.1) is 0 Å². The first-order valence-electron chi connectivity index (χ1n) is 8.00. The third kappa shape index (κ3) is 9.48. The Labute approximate surface area is 126 Å². The summed E-state index contributed by atoms with van der Waals surface area (Å²) in [5.74, 6) is 0. The van der Waals surface area contributed by atoms with E-state index in [0.29, 0.717) is 19.8 Å². The molecule has 0 atom stereocenters. The van der Waals surface area contributed by atoms with Crippen molar-refractivity contribution in [2.45, 2.75) is 59.8 Å². The fourth-order valence-corrected chi connectivity index (χ4v) is 3.87. The van der Waals surface area contributed by atoms with Crippen molar-refractivity contribution in [3.05, 3.63) is 23.9 Å². The molecule has 0 aliphatic carbocycles. The van der Waals surface area contributed by atoms with Crippen LogP contribution in [0.2, 0.25) is 0 Å². The number of hydrogen-bond acceptors (Lipinski definition) is 3. The highest BCUT2D eigenvalue weighted by Crippen LogP contribution is 2.14. The second kappa shape index (κ2) is 13.6. The van der Waals surface area contributed by atoms with Gasteiger partial charge in [-0.15, -0.1) is 0 Å². The summed E-state index contributed by atoms with van der Waals surface area (Å²) in [5.41, 5.74) is 2.01. The van der Waals surface area contributed by atoms with E-state index in [1.54, 1.807) is 0 Å². The van der Waals surface area contributed by atoms with Crippen LogP contribution in [0.25, 0.3) is 0 Å². The van der Waals surface area contributed by atoms with Gasteiger partial charge in [-0.1, -0.05) is 52.3 Å². The first kappa shape index (κ1) is 19.6. The zero-order chi connectivity index (χ0) is 15.1. The molecule has 0 radical (unpaired) electrons. The summed E-state index contributed by atoms with van der Waals surface area (Å²) in [7, 11) is -2.65. The second-order valence-corrected chi connectivity index (χ2v) is 7.13. The molecule has 0 spiro atoms. The van der Waals surface area contributed by atoms with Crippen LogP contribution >= 0.6 is 0 Å². The maximum atomic E-state index is 5.96. The topological polar surface area (TPSA) is 27.7 Å². The molecular formula is C16H32O3Si. The van der Waals surface area contributed by atoms with Crippen LogP contribution in [0.5, 0.6) is 0 Å². The van der Waals surface area contributed by atoms with Crippen LogP contribution in [0.3, 0.4) is 0 Å². The molecule has 0 heterocycles. The highest BCUT2D eigenvalue weighted by atomic mass is 28.4. The highest BCUT2D eigenvalue weighted by molar-refractivity contribution is 6.66. The van der Waals surface area contributed by atoms with Gasteiger partial charge in [0.1, 0.15) is 0 Å². The van der Waals surface area contributed by atoms with E-state index in [9.17, 15) is 0 Å². The fourth-order valence-electron chi connectivity index (χ4n) is 1.52. The Bertz CT molecular complexity index is 243. The molecule has 0 aliphatic rings. The molecule has 0 aliphatic heterocycles. The Hall–Kier alpha value is -0.423. The van der Waals surface area contributed by atoms with Crippen LogP contribution in [0.1, 0.15) is 59.8 Å². The predicted octanol–water partition coefficient (Wildman–Crippen LogP) is 4.66. The number of unbranched alkanes of at least 4 members (excludes halogenated alkanes) is 1. The van der Waals surface area contributed by atoms with Gasteiger partial charge in [0, 0.05) is 19.8 Å². The molecule has 20 heavy (non-hydrogen) atoms. The lowest BCUT2D eigenvalue weighted by atomic mass is 10.3. The zero-order valence-electron chi connectivity index (χ0n) is 13.7. The minimum Gasteiger partial charge on any atom is -0.370 e. The molecule has 118 valence electrons. The van der Waals surface area contributed by atoms with Crippen molar-refractivity contribution >= 4 is 8.80 Å². The van der Waals surface area contributed by atoms with Crippen molar-refractivity contribution in [3.63, 3.8) is 0 Å². The third-order valence-electron chi connectivity index (χ3n) is 2.52. The number of allylic oxidation sites excluding steroid dienone is 3. The van der Waals surface area contributed by atoms with Crippen LogP contribution < -0.4 is 0 Å². The van der Waals surface area contributed by atoms with E-state index in [1.807, 2.05) is 11.8 Å². The number of hydrogen-bond donors (Lipinski definition) is 0. The van der Waals surface area contributed by atoms with Gasteiger partial charge in [0.15, 0.2) is 0 Å². The Morgan fingerprint density at radius 2 is 1.20 bits per heavy atom. The minimum atomic E-state index is -2.65. The summed E-state index contributed by atoms with van der Waals surface area (Å²) in [4.78, 5) is 0. The first-order valence-corrected chi connectivity index (χ1v) is 9.81. The van der Waals surface area contributed by atoms with Crippen molar-refractivity contribution in [2.75, 3.05) is 19.8 Å². The van der Waals surface area contributed by atoms with Crippen LogP contribution in [-0.2, 0) is 13.3 Å². The third-order valence-corrected chi connectivity index (χ3v) is 4.95. The van der Waals surface area contributed by atoms with Crippen LogP contribution in [-0.4, -0.2) is 28.6 Å². The van der Waals surface area contributed by atoms with E-state index in [1.165, 1.54) is 0 Å². The Morgan fingerprint density at radius 3 is 1.60 bits per heavy atom. The van der Waals surface area contributed by atoms with Crippen molar-refractivity contribution in [3.8, 4) is 0 Å². The lowest BCUT2D eigenvalue weighted by molar-refractivity contribution is 0.0716. The van der Waals surface area contributed by atoms with E-state index < -0.39 is 8.80 Å². The summed E-state index contributed by atoms with van der Waals surface area (Å²) < 4.78 is 17.9. The van der Waals surface area contributed by atoms with Crippen molar-refractivity contribution < 1.29 is 13.3 Å². The van der Waals surface area contributed by atoms with Crippen LogP contribution in [0.15, 0.2) is 23.9 Å². The monoisotopic (exact) mass is 300 g/mol. The lowest BCUT2D eigenvalue weighted by Crippen LogP contribution is -2.45. The molecule has 0 fully saturated rings. The van der Waals surface area contributed by atoms with Crippen molar-refractivity contribution in [1.29, 1.82) is 0 Å². The largest absolute Gasteiger partial charge is 0.529 e. The molecule has 0 unspecified atom stereocenters. The summed E-state index contributed by atoms with van der Waals surface area (Å²) in [6, 6.07) is 0. The molecule has 0 N–H and O–H groups in total. The van der Waals surface area contributed by atoms with E-state index >= 15 is 0 Å². The Kier molecular flexibility index (Phi) is 13.3. The van der Waals surface area contributed by atoms with Gasteiger partial charge in [0.2, 0.25) is 0 Å². The maximum absolute atomic E-state index is 5.96. The normalized spacial score (nSPS) is 12.8. The summed E-state index contributed by atoms with van der Waals surface area (Å²) in [6.45, 7) is 10.5. The van der Waals surface area contributed by atoms with Gasteiger partial charge < -0.3 is 13.3 Å². The average molecular weight is 301 g/mol. The van der Waals surface area contributed by atoms with Crippen molar-refractivity contribution in [2.24, 2.45) is 0 Å². The maximum Gasteiger partial charge on any atom is 0.529 e. The van der Waals surface area contributed by atoms with Gasteiger partial charge in [-0.25, -0.2) is 0 Å². The summed E-state index contributed by atoms with van der Waals surface area (Å²) in [5, 5.41) is 0. The molecule has 0 saturated carbocycles. The summed E-state index contributed by atoms with van der Waals surface area (Å²) >= 11 is 0. The Balaban J connectivity index is 4.73. The highest BCUT2D eigenvalue weighted by Gasteiger charge is 2.37. The molecule has 0 bridgehead atoms. The molecule has 0 amide bonds. The average Bonchev–Trinajstić information content (AvgIpc) is 2.48. The van der Waals surface area contributed by atoms with E-state index in [-0.39, 0.29) is 0 Å². The molecule has 0 aromatic rings. The van der Waals surface area contributed by atoms with Gasteiger partial charge in [-0.05, 0) is 31.4 Å². The molecule has 0 aromatic carbocycles. The van der Waals surface area contributed by atoms with Gasteiger partial charge in [-0.3, -0.25) is 0 Å². The van der Waals surface area contributed by atoms with E-state index in [0.717, 1.165) is 32.1 Å². The number of rotatable bonds is 13. The van der Waals surface area contributed by atoms with Gasteiger partial charge in [0.05, 0.1) is 0 Å². The molecular weight excluding hydrogens is 268 g/mol. The van der Waals surface area contributed by atoms with Gasteiger partial charge in [0.25, 0.3) is 0 Å². The lowest BCUT2D eigenvalue weighted by Gasteiger charge is -2.26. The van der Waals surface area contributed by atoms with Gasteiger partial charge >= 0.3 is 8.80 Å². The molecule has 0 saturated heterocycles. The summed E-state index contributed by atoms with van der Waals surface area (Å²) in [6.07, 6.45) is 11.4. The zero-order valence-corrected chi connectivity index (χ0v) is 14.7. The predicted molar refractivity (Wildman–Crippen MR) is 87.7 cm³/mol. The standard InChI is InChI=1S/C16H32O3Si/c1-5-9-10-11-12-16-20(17-13-6-2,18-14-7-3)19-15-8-4/h10-12,16H,5-9,13-15H2,1-4H3/b11-10+,16-12+. The first-order chi connectivity index (χ1) is 9.74. The van der Waals surface area contributed by atoms with E-state index in [2.05, 4.69) is 39.8 Å². The smallest absolute Gasteiger partial charge is 0.370 e. The quantitative estimate of drug-likeness (QED) is 0.366. The van der Waals surface area contributed by atoms with Crippen LogP contribution in [0.4, 0.5) is 0 Å². The Morgan fingerprint density at radius 1 is 0.700 bits per heavy atom. The minimum absolute atomic E-state index is 0.683. The molecule has 4 heteroatoms. The van der Waals surface area contributed by atoms with Crippen molar-refractivity contribution in [1.82, 2.24) is 0 Å². The second-order valence-electron chi connectivity index (χ2n) is 4.72.